The van der Waals surface area contributed by atoms with Crippen LogP contribution in [0.5, 0.6) is 0 Å². The molecule has 19 heavy (non-hydrogen) atoms. The number of piperidine rings is 1. The van der Waals surface area contributed by atoms with Gasteiger partial charge in [-0.1, -0.05) is 0 Å². The van der Waals surface area contributed by atoms with Crippen molar-refractivity contribution in [1.29, 1.82) is 0 Å². The smallest absolute Gasteiger partial charge is 0.281 e. The summed E-state index contributed by atoms with van der Waals surface area (Å²) >= 11 is 0. The lowest BCUT2D eigenvalue weighted by atomic mass is 9.90. The maximum atomic E-state index is 12.2. The summed E-state index contributed by atoms with van der Waals surface area (Å²) in [5, 5.41) is 0. The summed E-state index contributed by atoms with van der Waals surface area (Å²) in [5.41, 5.74) is -0.346. The van der Waals surface area contributed by atoms with E-state index in [0.29, 0.717) is 26.3 Å². The average Bonchev–Trinajstić information content (AvgIpc) is 2.72. The van der Waals surface area contributed by atoms with Crippen LogP contribution in [0.1, 0.15) is 26.2 Å². The Morgan fingerprint density at radius 2 is 2.21 bits per heavy atom. The molecule has 0 N–H and O–H groups in total. The average molecular weight is 292 g/mol. The number of hydrogen-bond donors (Lipinski definition) is 0. The van der Waals surface area contributed by atoms with Gasteiger partial charge in [-0.15, -0.1) is 0 Å². The molecule has 6 nitrogen and oxygen atoms in total. The van der Waals surface area contributed by atoms with E-state index in [9.17, 15) is 8.42 Å². The molecule has 0 aliphatic carbocycles. The highest BCUT2D eigenvalue weighted by Crippen LogP contribution is 2.36. The van der Waals surface area contributed by atoms with Crippen molar-refractivity contribution in [3.8, 4) is 0 Å². The van der Waals surface area contributed by atoms with Gasteiger partial charge in [-0.25, -0.2) is 0 Å². The second-order valence-corrected chi connectivity index (χ2v) is 7.65. The van der Waals surface area contributed by atoms with E-state index in [2.05, 4.69) is 0 Å². The van der Waals surface area contributed by atoms with Gasteiger partial charge in [-0.2, -0.15) is 17.0 Å². The van der Waals surface area contributed by atoms with Crippen LogP contribution < -0.4 is 0 Å². The fraction of sp³-hybridized carbons (Fsp3) is 1.00. The third-order valence-corrected chi connectivity index (χ3v) is 5.76. The van der Waals surface area contributed by atoms with Crippen molar-refractivity contribution in [2.75, 3.05) is 40.4 Å². The molecular formula is C12H24N2O4S. The highest BCUT2D eigenvalue weighted by molar-refractivity contribution is 7.86. The predicted octanol–water partition coefficient (Wildman–Crippen LogP) is 0.453. The highest BCUT2D eigenvalue weighted by Gasteiger charge is 2.46. The Labute approximate surface area is 115 Å². The van der Waals surface area contributed by atoms with Crippen molar-refractivity contribution < 1.29 is 17.9 Å². The maximum Gasteiger partial charge on any atom is 0.281 e. The van der Waals surface area contributed by atoms with Crippen LogP contribution >= 0.6 is 0 Å². The lowest BCUT2D eigenvalue weighted by molar-refractivity contribution is -0.0360. The van der Waals surface area contributed by atoms with Crippen molar-refractivity contribution >= 4 is 10.2 Å². The molecule has 0 unspecified atom stereocenters. The fourth-order valence-electron chi connectivity index (χ4n) is 2.91. The van der Waals surface area contributed by atoms with E-state index < -0.39 is 10.2 Å². The second kappa shape index (κ2) is 5.65. The first-order valence-electron chi connectivity index (χ1n) is 6.83. The molecule has 2 fully saturated rings. The van der Waals surface area contributed by atoms with Crippen LogP contribution in [-0.2, 0) is 19.7 Å². The van der Waals surface area contributed by atoms with Gasteiger partial charge in [0.15, 0.2) is 0 Å². The molecule has 0 aromatic heterocycles. The fourth-order valence-corrected chi connectivity index (χ4v) is 4.13. The van der Waals surface area contributed by atoms with Crippen LogP contribution in [0.25, 0.3) is 0 Å². The zero-order valence-corrected chi connectivity index (χ0v) is 12.8. The van der Waals surface area contributed by atoms with Crippen LogP contribution in [0.2, 0.25) is 0 Å². The van der Waals surface area contributed by atoms with E-state index in [0.717, 1.165) is 19.3 Å². The first-order chi connectivity index (χ1) is 8.89. The molecule has 0 amide bonds. The van der Waals surface area contributed by atoms with Crippen LogP contribution in [0, 0.1) is 0 Å². The molecule has 0 bridgehead atoms. The summed E-state index contributed by atoms with van der Waals surface area (Å²) < 4.78 is 38.7. The van der Waals surface area contributed by atoms with E-state index in [1.54, 1.807) is 14.1 Å². The van der Waals surface area contributed by atoms with Gasteiger partial charge in [0, 0.05) is 40.2 Å². The maximum absolute atomic E-state index is 12.2. The monoisotopic (exact) mass is 292 g/mol. The number of ether oxygens (including phenoxy) is 2. The topological polar surface area (TPSA) is 59.1 Å². The molecule has 7 heteroatoms. The minimum atomic E-state index is -3.35. The van der Waals surface area contributed by atoms with Crippen LogP contribution in [0.3, 0.4) is 0 Å². The third kappa shape index (κ3) is 3.11. The van der Waals surface area contributed by atoms with E-state index >= 15 is 0 Å². The molecule has 2 saturated heterocycles. The Morgan fingerprint density at radius 3 is 2.84 bits per heavy atom. The zero-order chi connectivity index (χ0) is 14.1. The van der Waals surface area contributed by atoms with Gasteiger partial charge in [0.25, 0.3) is 10.2 Å². The third-order valence-electron chi connectivity index (χ3n) is 3.87. The Morgan fingerprint density at radius 1 is 1.47 bits per heavy atom. The molecule has 2 aliphatic heterocycles. The van der Waals surface area contributed by atoms with Crippen molar-refractivity contribution in [1.82, 2.24) is 8.61 Å². The first-order valence-corrected chi connectivity index (χ1v) is 8.22. The molecule has 1 spiro atoms. The SMILES string of the molecule is CCO[C@H]1CO[C@@]2(CCCN(S(=O)(=O)N(C)C)C2)C1. The molecule has 0 saturated carbocycles. The van der Waals surface area contributed by atoms with Gasteiger partial charge in [0.05, 0.1) is 18.3 Å². The van der Waals surface area contributed by atoms with Gasteiger partial charge >= 0.3 is 0 Å². The molecule has 0 aromatic carbocycles. The van der Waals surface area contributed by atoms with Gasteiger partial charge in [-0.3, -0.25) is 0 Å². The largest absolute Gasteiger partial charge is 0.376 e. The lowest BCUT2D eigenvalue weighted by Gasteiger charge is -2.39. The molecule has 0 aromatic rings. The van der Waals surface area contributed by atoms with Gasteiger partial charge in [0.2, 0.25) is 0 Å². The Kier molecular flexibility index (Phi) is 4.52. The number of hydrogen-bond acceptors (Lipinski definition) is 4. The molecule has 2 rings (SSSR count). The lowest BCUT2D eigenvalue weighted by Crippen LogP contribution is -2.52. The summed E-state index contributed by atoms with van der Waals surface area (Å²) in [7, 11) is -0.218. The zero-order valence-electron chi connectivity index (χ0n) is 12.0. The molecule has 112 valence electrons. The van der Waals surface area contributed by atoms with E-state index in [1.165, 1.54) is 8.61 Å². The Bertz CT molecular complexity index is 412. The Balaban J connectivity index is 2.06. The number of rotatable bonds is 4. The van der Waals surface area contributed by atoms with Crippen molar-refractivity contribution in [3.05, 3.63) is 0 Å². The van der Waals surface area contributed by atoms with Crippen LogP contribution in [0.4, 0.5) is 0 Å². The minimum Gasteiger partial charge on any atom is -0.376 e. The van der Waals surface area contributed by atoms with Crippen molar-refractivity contribution in [2.45, 2.75) is 37.9 Å². The van der Waals surface area contributed by atoms with E-state index in [4.69, 9.17) is 9.47 Å². The Hall–Kier alpha value is -0.210. The van der Waals surface area contributed by atoms with Gasteiger partial charge < -0.3 is 9.47 Å². The summed E-state index contributed by atoms with van der Waals surface area (Å²) in [5.74, 6) is 0. The minimum absolute atomic E-state index is 0.104. The summed E-state index contributed by atoms with van der Waals surface area (Å²) in [4.78, 5) is 0. The molecule has 2 heterocycles. The molecule has 2 atom stereocenters. The quantitative estimate of drug-likeness (QED) is 0.755. The standard InChI is InChI=1S/C12H24N2O4S/c1-4-17-11-8-12(18-9-11)6-5-7-14(10-12)19(15,16)13(2)3/h11H,4-10H2,1-3H3/t11-,12+/m1/s1. The molecule has 0 radical (unpaired) electrons. The second-order valence-electron chi connectivity index (χ2n) is 5.50. The molecule has 2 aliphatic rings. The predicted molar refractivity (Wildman–Crippen MR) is 72.1 cm³/mol. The normalized spacial score (nSPS) is 33.4. The van der Waals surface area contributed by atoms with Crippen LogP contribution in [0.15, 0.2) is 0 Å². The summed E-state index contributed by atoms with van der Waals surface area (Å²) in [6.45, 7) is 4.23. The van der Waals surface area contributed by atoms with E-state index in [-0.39, 0.29) is 11.7 Å². The molecular weight excluding hydrogens is 268 g/mol. The van der Waals surface area contributed by atoms with Crippen molar-refractivity contribution in [2.24, 2.45) is 0 Å². The number of nitrogens with zero attached hydrogens (tertiary/aromatic N) is 2. The van der Waals surface area contributed by atoms with Crippen molar-refractivity contribution in [3.63, 3.8) is 0 Å². The van der Waals surface area contributed by atoms with Gasteiger partial charge in [0.1, 0.15) is 0 Å². The van der Waals surface area contributed by atoms with Gasteiger partial charge in [-0.05, 0) is 19.8 Å². The summed E-state index contributed by atoms with van der Waals surface area (Å²) in [6.07, 6.45) is 2.65. The first kappa shape index (κ1) is 15.2. The van der Waals surface area contributed by atoms with E-state index in [1.807, 2.05) is 6.92 Å². The highest BCUT2D eigenvalue weighted by atomic mass is 32.2. The van der Waals surface area contributed by atoms with Crippen LogP contribution in [-0.4, -0.2) is 69.1 Å². The summed E-state index contributed by atoms with van der Waals surface area (Å²) in [6, 6.07) is 0.